The second-order valence-corrected chi connectivity index (χ2v) is 7.54. The Hall–Kier alpha value is -1.56. The molecule has 22 heavy (non-hydrogen) atoms. The van der Waals surface area contributed by atoms with Gasteiger partial charge in [0.1, 0.15) is 0 Å². The molecule has 0 heteroatoms. The van der Waals surface area contributed by atoms with Crippen molar-refractivity contribution in [3.05, 3.63) is 59.7 Å². The number of hydrogen-bond acceptors (Lipinski definition) is 0. The average Bonchev–Trinajstić information content (AvgIpc) is 2.68. The molecule has 2 saturated carbocycles. The molecule has 0 atom stereocenters. The van der Waals surface area contributed by atoms with Crippen LogP contribution in [0.25, 0.3) is 11.1 Å². The Labute approximate surface area is 133 Å². The maximum Gasteiger partial charge on any atom is 0.0246 e. The van der Waals surface area contributed by atoms with Crippen molar-refractivity contribution in [2.45, 2.75) is 50.4 Å². The normalized spacial score (nSPS) is 28.0. The van der Waals surface area contributed by atoms with Gasteiger partial charge in [0.2, 0.25) is 0 Å². The van der Waals surface area contributed by atoms with Crippen molar-refractivity contribution in [2.75, 3.05) is 0 Å². The van der Waals surface area contributed by atoms with Gasteiger partial charge in [-0.05, 0) is 77.6 Å². The van der Waals surface area contributed by atoms with Gasteiger partial charge < -0.3 is 0 Å². The smallest absolute Gasteiger partial charge is 0.0246 e. The molecule has 2 radical (unpaired) electrons. The first-order chi connectivity index (χ1) is 10.9. The molecule has 2 aromatic carbocycles. The molecule has 3 aliphatic rings. The SMILES string of the molecule is [c]1ccc2c(c1)C1(CC3CCCC1CCC3)c1c[c]ccc1-2. The van der Waals surface area contributed by atoms with Crippen molar-refractivity contribution in [1.29, 1.82) is 0 Å². The van der Waals surface area contributed by atoms with E-state index in [1.807, 2.05) is 0 Å². The molecule has 0 nitrogen and oxygen atoms in total. The van der Waals surface area contributed by atoms with E-state index in [-0.39, 0.29) is 5.41 Å². The quantitative estimate of drug-likeness (QED) is 0.596. The Morgan fingerprint density at radius 1 is 0.818 bits per heavy atom. The summed E-state index contributed by atoms with van der Waals surface area (Å²) in [4.78, 5) is 0. The van der Waals surface area contributed by atoms with Gasteiger partial charge in [-0.3, -0.25) is 0 Å². The van der Waals surface area contributed by atoms with E-state index >= 15 is 0 Å². The number of hydrogen-bond donors (Lipinski definition) is 0. The van der Waals surface area contributed by atoms with Crippen molar-refractivity contribution in [1.82, 2.24) is 0 Å². The van der Waals surface area contributed by atoms with Crippen LogP contribution in [0.15, 0.2) is 36.4 Å². The van der Waals surface area contributed by atoms with E-state index in [0.29, 0.717) is 0 Å². The van der Waals surface area contributed by atoms with Crippen LogP contribution in [0.2, 0.25) is 0 Å². The fourth-order valence-electron chi connectivity index (χ4n) is 5.79. The van der Waals surface area contributed by atoms with E-state index in [1.165, 1.54) is 56.1 Å². The summed E-state index contributed by atoms with van der Waals surface area (Å²) < 4.78 is 0. The molecule has 0 unspecified atom stereocenters. The third-order valence-electron chi connectivity index (χ3n) is 6.62. The summed E-state index contributed by atoms with van der Waals surface area (Å²) >= 11 is 0. The van der Waals surface area contributed by atoms with Crippen molar-refractivity contribution >= 4 is 0 Å². The third-order valence-corrected chi connectivity index (χ3v) is 6.62. The van der Waals surface area contributed by atoms with Crippen LogP contribution in [0.1, 0.15) is 56.1 Å². The first-order valence-electron chi connectivity index (χ1n) is 8.91. The van der Waals surface area contributed by atoms with Gasteiger partial charge in [0.25, 0.3) is 0 Å². The standard InChI is InChI=1S/C22H22/c1-3-13-20-18(11-1)19-12-2-4-14-21(19)22(20)15-16-7-5-9-17(22)10-6-8-16/h1-2,11-14,16-17H,5-10,15H2. The molecule has 0 saturated heterocycles. The average molecular weight is 286 g/mol. The molecular formula is C22H22. The van der Waals surface area contributed by atoms with Gasteiger partial charge >= 0.3 is 0 Å². The van der Waals surface area contributed by atoms with Crippen LogP contribution in [0.5, 0.6) is 0 Å². The predicted octanol–water partition coefficient (Wildman–Crippen LogP) is 5.54. The minimum absolute atomic E-state index is 0.262. The number of fused-ring (bicyclic) bond motifs is 4. The first kappa shape index (κ1) is 12.9. The van der Waals surface area contributed by atoms with Crippen LogP contribution in [-0.4, -0.2) is 0 Å². The minimum atomic E-state index is 0.262. The van der Waals surface area contributed by atoms with Gasteiger partial charge in [0, 0.05) is 5.41 Å². The summed E-state index contributed by atoms with van der Waals surface area (Å²) in [6.45, 7) is 0. The van der Waals surface area contributed by atoms with E-state index < -0.39 is 0 Å². The predicted molar refractivity (Wildman–Crippen MR) is 89.6 cm³/mol. The Morgan fingerprint density at radius 2 is 1.41 bits per heavy atom. The Morgan fingerprint density at radius 3 is 2.00 bits per heavy atom. The van der Waals surface area contributed by atoms with E-state index in [9.17, 15) is 0 Å². The fourth-order valence-corrected chi connectivity index (χ4v) is 5.79. The second kappa shape index (κ2) is 4.72. The van der Waals surface area contributed by atoms with E-state index in [2.05, 4.69) is 48.5 Å². The highest BCUT2D eigenvalue weighted by Gasteiger charge is 2.50. The van der Waals surface area contributed by atoms with E-state index in [4.69, 9.17) is 0 Å². The lowest BCUT2D eigenvalue weighted by Gasteiger charge is -2.38. The minimum Gasteiger partial charge on any atom is -0.0537 e. The highest BCUT2D eigenvalue weighted by atomic mass is 14.5. The summed E-state index contributed by atoms with van der Waals surface area (Å²) in [6.07, 6.45) is 9.89. The van der Waals surface area contributed by atoms with Crippen LogP contribution in [0.3, 0.4) is 0 Å². The molecule has 0 aliphatic heterocycles. The van der Waals surface area contributed by atoms with Gasteiger partial charge in [0.15, 0.2) is 0 Å². The summed E-state index contributed by atoms with van der Waals surface area (Å²) in [5, 5.41) is 0. The third kappa shape index (κ3) is 1.59. The molecule has 0 aromatic heterocycles. The van der Waals surface area contributed by atoms with Crippen LogP contribution >= 0.6 is 0 Å². The van der Waals surface area contributed by atoms with Crippen molar-refractivity contribution in [3.8, 4) is 11.1 Å². The van der Waals surface area contributed by atoms with Gasteiger partial charge in [0.05, 0.1) is 0 Å². The first-order valence-corrected chi connectivity index (χ1v) is 8.91. The van der Waals surface area contributed by atoms with Gasteiger partial charge in [-0.15, -0.1) is 0 Å². The fraction of sp³-hybridized carbons (Fsp3) is 0.455. The zero-order chi connectivity index (χ0) is 14.6. The molecule has 0 heterocycles. The van der Waals surface area contributed by atoms with Gasteiger partial charge in [-0.2, -0.15) is 0 Å². The lowest BCUT2D eigenvalue weighted by molar-refractivity contribution is 0.295. The Bertz CT molecular complexity index is 656. The highest BCUT2D eigenvalue weighted by Crippen LogP contribution is 2.60. The van der Waals surface area contributed by atoms with E-state index in [1.54, 1.807) is 11.1 Å². The summed E-state index contributed by atoms with van der Waals surface area (Å²) in [7, 11) is 0. The monoisotopic (exact) mass is 286 g/mol. The van der Waals surface area contributed by atoms with E-state index in [0.717, 1.165) is 11.8 Å². The molecule has 2 bridgehead atoms. The summed E-state index contributed by atoms with van der Waals surface area (Å²) in [5.74, 6) is 1.72. The topological polar surface area (TPSA) is 0 Å². The van der Waals surface area contributed by atoms with Crippen LogP contribution in [0, 0.1) is 24.0 Å². The molecular weight excluding hydrogens is 264 g/mol. The largest absolute Gasteiger partial charge is 0.0537 e. The molecule has 1 spiro atoms. The van der Waals surface area contributed by atoms with Gasteiger partial charge in [-0.25, -0.2) is 0 Å². The van der Waals surface area contributed by atoms with Gasteiger partial charge in [-0.1, -0.05) is 49.9 Å². The lowest BCUT2D eigenvalue weighted by atomic mass is 9.64. The number of benzene rings is 2. The van der Waals surface area contributed by atoms with Crippen molar-refractivity contribution in [2.24, 2.45) is 11.8 Å². The van der Waals surface area contributed by atoms with Crippen LogP contribution in [0.4, 0.5) is 0 Å². The lowest BCUT2D eigenvalue weighted by Crippen LogP contribution is -2.34. The zero-order valence-corrected chi connectivity index (χ0v) is 13.1. The molecule has 0 N–H and O–H groups in total. The second-order valence-electron chi connectivity index (χ2n) is 7.54. The molecule has 2 fully saturated rings. The molecule has 5 rings (SSSR count). The number of rotatable bonds is 0. The summed E-state index contributed by atoms with van der Waals surface area (Å²) in [6, 6.07) is 20.1. The van der Waals surface area contributed by atoms with Crippen LogP contribution < -0.4 is 0 Å². The maximum absolute atomic E-state index is 3.39. The molecule has 110 valence electrons. The zero-order valence-electron chi connectivity index (χ0n) is 13.1. The Kier molecular flexibility index (Phi) is 2.77. The molecule has 2 aromatic rings. The van der Waals surface area contributed by atoms with Crippen molar-refractivity contribution < 1.29 is 0 Å². The van der Waals surface area contributed by atoms with Crippen LogP contribution in [-0.2, 0) is 5.41 Å². The molecule has 3 aliphatic carbocycles. The highest BCUT2D eigenvalue weighted by molar-refractivity contribution is 5.81. The molecule has 0 amide bonds. The summed E-state index contributed by atoms with van der Waals surface area (Å²) in [5.41, 5.74) is 6.34. The maximum atomic E-state index is 3.39. The Balaban J connectivity index is 1.83. The van der Waals surface area contributed by atoms with Crippen molar-refractivity contribution in [3.63, 3.8) is 0 Å².